The summed E-state index contributed by atoms with van der Waals surface area (Å²) in [4.78, 5) is 19.2. The Labute approximate surface area is 166 Å². The maximum absolute atomic E-state index is 13.4. The minimum Gasteiger partial charge on any atom is -0.305 e. The Balaban J connectivity index is 1.77. The molecule has 0 aliphatic carbocycles. The number of aryl methyl sites for hydroxylation is 1. The summed E-state index contributed by atoms with van der Waals surface area (Å²) in [5, 5.41) is 1.88. The van der Waals surface area contributed by atoms with Gasteiger partial charge in [-0.25, -0.2) is 5.43 Å². The third-order valence-corrected chi connectivity index (χ3v) is 5.27. The molecule has 5 nitrogen and oxygen atoms in total. The van der Waals surface area contributed by atoms with E-state index in [-0.39, 0.29) is 5.91 Å². The smallest absolute Gasteiger partial charge is 0.305 e. The van der Waals surface area contributed by atoms with Gasteiger partial charge in [0, 0.05) is 29.7 Å². The molecule has 3 heterocycles. The van der Waals surface area contributed by atoms with Crippen LogP contribution in [-0.4, -0.2) is 34.5 Å². The second-order valence-electron chi connectivity index (χ2n) is 7.93. The number of hydrogen-bond acceptors (Lipinski definition) is 4. The Morgan fingerprint density at radius 2 is 1.83 bits per heavy atom. The molecule has 29 heavy (non-hydrogen) atoms. The molecule has 2 aromatic rings. The lowest BCUT2D eigenvalue weighted by Crippen LogP contribution is -2.62. The molecule has 1 saturated heterocycles. The summed E-state index contributed by atoms with van der Waals surface area (Å²) < 4.78 is 38.7. The largest absolute Gasteiger partial charge is 0.416 e. The van der Waals surface area contributed by atoms with Crippen LogP contribution in [0.5, 0.6) is 0 Å². The first-order chi connectivity index (χ1) is 13.6. The Kier molecular flexibility index (Phi) is 4.42. The van der Waals surface area contributed by atoms with Gasteiger partial charge in [-0.05, 0) is 62.7 Å². The molecule has 1 amide bonds. The molecule has 4 rings (SSSR count). The van der Waals surface area contributed by atoms with Crippen LogP contribution in [0.1, 0.15) is 30.7 Å². The number of piperazine rings is 1. The molecule has 1 N–H and O–H groups in total. The summed E-state index contributed by atoms with van der Waals surface area (Å²) in [6, 6.07) is 8.51. The maximum Gasteiger partial charge on any atom is 0.416 e. The zero-order valence-corrected chi connectivity index (χ0v) is 16.3. The van der Waals surface area contributed by atoms with E-state index in [1.807, 2.05) is 37.9 Å². The molecule has 0 unspecified atom stereocenters. The number of rotatable bonds is 2. The number of benzene rings is 1. The molecule has 2 aliphatic heterocycles. The first-order valence-corrected chi connectivity index (χ1v) is 9.27. The van der Waals surface area contributed by atoms with E-state index in [0.29, 0.717) is 24.5 Å². The fourth-order valence-electron chi connectivity index (χ4n) is 3.87. The number of nitrogens with zero attached hydrogens (tertiary/aromatic N) is 3. The maximum atomic E-state index is 13.4. The summed E-state index contributed by atoms with van der Waals surface area (Å²) in [6.07, 6.45) is -2.71. The number of alkyl halides is 3. The number of nitrogens with one attached hydrogen (secondary N) is 1. The molecule has 0 saturated carbocycles. The average Bonchev–Trinajstić information content (AvgIpc) is 3.11. The predicted molar refractivity (Wildman–Crippen MR) is 104 cm³/mol. The van der Waals surface area contributed by atoms with Crippen LogP contribution in [0, 0.1) is 6.92 Å². The van der Waals surface area contributed by atoms with E-state index < -0.39 is 17.3 Å². The second-order valence-corrected chi connectivity index (χ2v) is 7.93. The molecule has 0 spiro atoms. The van der Waals surface area contributed by atoms with Crippen LogP contribution in [0.25, 0.3) is 5.57 Å². The van der Waals surface area contributed by atoms with Gasteiger partial charge in [0.05, 0.1) is 17.6 Å². The summed E-state index contributed by atoms with van der Waals surface area (Å²) in [7, 11) is 0. The average molecular weight is 402 g/mol. The first-order valence-electron chi connectivity index (χ1n) is 9.27. The van der Waals surface area contributed by atoms with Crippen LogP contribution >= 0.6 is 0 Å². The zero-order valence-electron chi connectivity index (χ0n) is 16.3. The van der Waals surface area contributed by atoms with E-state index in [9.17, 15) is 18.0 Å². The summed E-state index contributed by atoms with van der Waals surface area (Å²) in [6.45, 7) is 6.70. The van der Waals surface area contributed by atoms with Crippen molar-refractivity contribution >= 4 is 17.2 Å². The number of carbonyl (C=O) groups is 1. The number of anilines is 1. The highest BCUT2D eigenvalue weighted by Crippen LogP contribution is 2.38. The molecule has 1 aromatic carbocycles. The van der Waals surface area contributed by atoms with Crippen molar-refractivity contribution in [3.8, 4) is 0 Å². The molecule has 0 atom stereocenters. The Morgan fingerprint density at radius 1 is 1.14 bits per heavy atom. The minimum atomic E-state index is -4.41. The van der Waals surface area contributed by atoms with E-state index in [0.717, 1.165) is 29.0 Å². The fourth-order valence-corrected chi connectivity index (χ4v) is 3.87. The van der Waals surface area contributed by atoms with Crippen molar-refractivity contribution in [2.24, 2.45) is 0 Å². The summed E-state index contributed by atoms with van der Waals surface area (Å²) >= 11 is 0. The van der Waals surface area contributed by atoms with Gasteiger partial charge in [0.2, 0.25) is 0 Å². The van der Waals surface area contributed by atoms with Gasteiger partial charge >= 0.3 is 6.18 Å². The molecule has 0 radical (unpaired) electrons. The Morgan fingerprint density at radius 3 is 2.45 bits per heavy atom. The normalized spacial score (nSPS) is 19.0. The van der Waals surface area contributed by atoms with E-state index in [2.05, 4.69) is 10.4 Å². The predicted octanol–water partition coefficient (Wildman–Crippen LogP) is 3.77. The van der Waals surface area contributed by atoms with Crippen molar-refractivity contribution in [1.82, 2.24) is 15.4 Å². The highest BCUT2D eigenvalue weighted by molar-refractivity contribution is 6.11. The molecule has 8 heteroatoms. The van der Waals surface area contributed by atoms with Crippen molar-refractivity contribution < 1.29 is 18.0 Å². The second kappa shape index (κ2) is 6.59. The highest BCUT2D eigenvalue weighted by atomic mass is 19.4. The molecule has 0 bridgehead atoms. The number of amides is 1. The van der Waals surface area contributed by atoms with Crippen LogP contribution in [0.15, 0.2) is 48.3 Å². The molecule has 2 aliphatic rings. The minimum absolute atomic E-state index is 0.237. The lowest BCUT2D eigenvalue weighted by atomic mass is 9.95. The van der Waals surface area contributed by atoms with Crippen molar-refractivity contribution in [2.75, 3.05) is 18.0 Å². The van der Waals surface area contributed by atoms with Crippen molar-refractivity contribution in [1.29, 1.82) is 0 Å². The van der Waals surface area contributed by atoms with Gasteiger partial charge in [-0.15, -0.1) is 0 Å². The Hall–Kier alpha value is -2.87. The monoisotopic (exact) mass is 402 g/mol. The number of carbonyl (C=O) groups excluding carboxylic acids is 1. The quantitative estimate of drug-likeness (QED) is 0.831. The van der Waals surface area contributed by atoms with Crippen molar-refractivity contribution in [2.45, 2.75) is 32.5 Å². The van der Waals surface area contributed by atoms with Crippen molar-refractivity contribution in [3.63, 3.8) is 0 Å². The van der Waals surface area contributed by atoms with Gasteiger partial charge in [0.15, 0.2) is 0 Å². The van der Waals surface area contributed by atoms with Crippen LogP contribution in [0.2, 0.25) is 0 Å². The van der Waals surface area contributed by atoms with Crippen LogP contribution < -0.4 is 10.3 Å². The van der Waals surface area contributed by atoms with Crippen LogP contribution in [-0.2, 0) is 11.0 Å². The van der Waals surface area contributed by atoms with Gasteiger partial charge in [-0.1, -0.05) is 0 Å². The number of fused-ring (bicyclic) bond motifs is 1. The van der Waals surface area contributed by atoms with Crippen LogP contribution in [0.4, 0.5) is 18.9 Å². The third kappa shape index (κ3) is 3.37. The van der Waals surface area contributed by atoms with E-state index in [1.54, 1.807) is 11.1 Å². The first kappa shape index (κ1) is 19.4. The topological polar surface area (TPSA) is 48.5 Å². The van der Waals surface area contributed by atoms with Crippen LogP contribution in [0.3, 0.4) is 0 Å². The zero-order chi connectivity index (χ0) is 21.0. The van der Waals surface area contributed by atoms with E-state index >= 15 is 0 Å². The highest BCUT2D eigenvalue weighted by Gasteiger charge is 2.46. The summed E-state index contributed by atoms with van der Waals surface area (Å²) in [5.74, 6) is -0.237. The summed E-state index contributed by atoms with van der Waals surface area (Å²) in [5.41, 5.74) is 5.67. The number of hydrazine groups is 1. The standard InChI is InChI=1S/C21H21F3N4O/c1-13-10-14(8-9-25-13)17-11-26-28-18(17)19(29)27(12-20(28,2)3)16-6-4-15(5-7-16)21(22,23)24/h4-10,26H,11-12H2,1-3H3. The van der Waals surface area contributed by atoms with Crippen molar-refractivity contribution in [3.05, 3.63) is 65.1 Å². The Bertz CT molecular complexity index is 996. The molecular weight excluding hydrogens is 381 g/mol. The molecular formula is C21H21F3N4O. The lowest BCUT2D eigenvalue weighted by Gasteiger charge is -2.46. The van der Waals surface area contributed by atoms with Gasteiger partial charge in [0.1, 0.15) is 5.70 Å². The van der Waals surface area contributed by atoms with Gasteiger partial charge in [0.25, 0.3) is 5.91 Å². The molecule has 1 fully saturated rings. The number of halogens is 3. The van der Waals surface area contributed by atoms with E-state index in [1.165, 1.54) is 12.1 Å². The lowest BCUT2D eigenvalue weighted by molar-refractivity contribution is -0.137. The molecule has 1 aromatic heterocycles. The van der Waals surface area contributed by atoms with E-state index in [4.69, 9.17) is 0 Å². The SMILES string of the molecule is Cc1cc(C2=C3C(=O)N(c4ccc(C(F)(F)F)cc4)CC(C)(C)N3NC2)ccn1. The van der Waals surface area contributed by atoms with Gasteiger partial charge in [-0.2, -0.15) is 13.2 Å². The third-order valence-electron chi connectivity index (χ3n) is 5.27. The fraction of sp³-hybridized carbons (Fsp3) is 0.333. The number of pyridine rings is 1. The number of hydrogen-bond donors (Lipinski definition) is 1. The van der Waals surface area contributed by atoms with Gasteiger partial charge in [-0.3, -0.25) is 14.8 Å². The van der Waals surface area contributed by atoms with Gasteiger partial charge < -0.3 is 4.90 Å². The molecule has 152 valence electrons. The number of aromatic nitrogens is 1.